The molecule has 0 aliphatic heterocycles. The smallest absolute Gasteiger partial charge is 0.349 e. The SMILES string of the molecule is CCOC(=O)C(C)(C)Oc1cccc(CON)c1. The minimum atomic E-state index is -1.03. The van der Waals surface area contributed by atoms with E-state index in [9.17, 15) is 4.79 Å². The molecule has 5 heteroatoms. The van der Waals surface area contributed by atoms with E-state index in [0.717, 1.165) is 5.56 Å². The van der Waals surface area contributed by atoms with Crippen molar-refractivity contribution in [2.75, 3.05) is 6.61 Å². The average molecular weight is 253 g/mol. The van der Waals surface area contributed by atoms with Gasteiger partial charge in [-0.15, -0.1) is 0 Å². The highest BCUT2D eigenvalue weighted by molar-refractivity contribution is 5.79. The van der Waals surface area contributed by atoms with Gasteiger partial charge in [0.05, 0.1) is 13.2 Å². The number of hydrogen-bond acceptors (Lipinski definition) is 5. The Labute approximate surface area is 107 Å². The molecule has 0 atom stereocenters. The van der Waals surface area contributed by atoms with Gasteiger partial charge in [-0.2, -0.15) is 0 Å². The Hall–Kier alpha value is -1.59. The molecule has 0 aliphatic rings. The van der Waals surface area contributed by atoms with Crippen LogP contribution in [0.25, 0.3) is 0 Å². The number of ether oxygens (including phenoxy) is 2. The van der Waals surface area contributed by atoms with E-state index in [2.05, 4.69) is 4.84 Å². The Kier molecular flexibility index (Phi) is 5.12. The standard InChI is InChI=1S/C13H19NO4/c1-4-16-12(15)13(2,3)18-11-7-5-6-10(8-11)9-17-14/h5-8H,4,9,14H2,1-3H3. The summed E-state index contributed by atoms with van der Waals surface area (Å²) in [4.78, 5) is 16.2. The van der Waals surface area contributed by atoms with Crippen LogP contribution in [-0.4, -0.2) is 18.2 Å². The summed E-state index contributed by atoms with van der Waals surface area (Å²) in [7, 11) is 0. The Morgan fingerprint density at radius 2 is 2.11 bits per heavy atom. The van der Waals surface area contributed by atoms with Crippen LogP contribution in [0, 0.1) is 0 Å². The fourth-order valence-electron chi connectivity index (χ4n) is 1.44. The first kappa shape index (κ1) is 14.5. The van der Waals surface area contributed by atoms with E-state index in [0.29, 0.717) is 12.4 Å². The molecule has 1 aromatic carbocycles. The highest BCUT2D eigenvalue weighted by Crippen LogP contribution is 2.21. The normalized spacial score (nSPS) is 11.1. The Morgan fingerprint density at radius 1 is 1.39 bits per heavy atom. The van der Waals surface area contributed by atoms with Gasteiger partial charge in [-0.3, -0.25) is 4.84 Å². The summed E-state index contributed by atoms with van der Waals surface area (Å²) in [5.74, 6) is 5.18. The van der Waals surface area contributed by atoms with Crippen LogP contribution < -0.4 is 10.6 Å². The van der Waals surface area contributed by atoms with E-state index in [1.165, 1.54) is 0 Å². The molecule has 0 heterocycles. The van der Waals surface area contributed by atoms with Gasteiger partial charge in [-0.1, -0.05) is 12.1 Å². The number of esters is 1. The lowest BCUT2D eigenvalue weighted by Gasteiger charge is -2.24. The summed E-state index contributed by atoms with van der Waals surface area (Å²) in [5.41, 5.74) is -0.160. The molecule has 0 spiro atoms. The van der Waals surface area contributed by atoms with Crippen LogP contribution >= 0.6 is 0 Å². The van der Waals surface area contributed by atoms with Crippen LogP contribution in [0.4, 0.5) is 0 Å². The van der Waals surface area contributed by atoms with Crippen molar-refractivity contribution in [1.82, 2.24) is 0 Å². The zero-order valence-electron chi connectivity index (χ0n) is 10.9. The number of benzene rings is 1. The molecule has 2 N–H and O–H groups in total. The second-order valence-electron chi connectivity index (χ2n) is 4.29. The molecule has 18 heavy (non-hydrogen) atoms. The molecule has 0 aromatic heterocycles. The summed E-state index contributed by atoms with van der Waals surface area (Å²) < 4.78 is 10.6. The van der Waals surface area contributed by atoms with Crippen LogP contribution in [0.15, 0.2) is 24.3 Å². The van der Waals surface area contributed by atoms with E-state index in [1.807, 2.05) is 12.1 Å². The second kappa shape index (κ2) is 6.37. The van der Waals surface area contributed by atoms with Crippen molar-refractivity contribution >= 4 is 5.97 Å². The highest BCUT2D eigenvalue weighted by atomic mass is 16.6. The van der Waals surface area contributed by atoms with Gasteiger partial charge >= 0.3 is 5.97 Å². The molecule has 100 valence electrons. The lowest BCUT2D eigenvalue weighted by Crippen LogP contribution is -2.39. The van der Waals surface area contributed by atoms with Gasteiger partial charge in [0.2, 0.25) is 0 Å². The third-order valence-corrected chi connectivity index (χ3v) is 2.29. The third-order valence-electron chi connectivity index (χ3n) is 2.29. The summed E-state index contributed by atoms with van der Waals surface area (Å²) in [6.07, 6.45) is 0. The fourth-order valence-corrected chi connectivity index (χ4v) is 1.44. The van der Waals surface area contributed by atoms with Gasteiger partial charge < -0.3 is 9.47 Å². The van der Waals surface area contributed by atoms with Crippen molar-refractivity contribution < 1.29 is 19.1 Å². The lowest BCUT2D eigenvalue weighted by atomic mass is 10.1. The minimum Gasteiger partial charge on any atom is -0.476 e. The molecule has 5 nitrogen and oxygen atoms in total. The van der Waals surface area contributed by atoms with Crippen molar-refractivity contribution in [3.63, 3.8) is 0 Å². The van der Waals surface area contributed by atoms with Crippen LogP contribution in [0.5, 0.6) is 5.75 Å². The maximum absolute atomic E-state index is 11.7. The number of nitrogens with two attached hydrogens (primary N) is 1. The summed E-state index contributed by atoms with van der Waals surface area (Å²) in [5, 5.41) is 0. The van der Waals surface area contributed by atoms with Gasteiger partial charge in [0.1, 0.15) is 5.75 Å². The monoisotopic (exact) mass is 253 g/mol. The quantitative estimate of drug-likeness (QED) is 0.618. The molecule has 1 rings (SSSR count). The molecule has 0 radical (unpaired) electrons. The average Bonchev–Trinajstić information content (AvgIpc) is 2.29. The lowest BCUT2D eigenvalue weighted by molar-refractivity contribution is -0.158. The third kappa shape index (κ3) is 4.01. The summed E-state index contributed by atoms with van der Waals surface area (Å²) in [6.45, 7) is 5.70. The number of carbonyl (C=O) groups is 1. The maximum atomic E-state index is 11.7. The van der Waals surface area contributed by atoms with Crippen LogP contribution in [-0.2, 0) is 21.0 Å². The van der Waals surface area contributed by atoms with Gasteiger partial charge in [0.15, 0.2) is 5.60 Å². The van der Waals surface area contributed by atoms with E-state index >= 15 is 0 Å². The molecule has 0 unspecified atom stereocenters. The van der Waals surface area contributed by atoms with Crippen molar-refractivity contribution in [2.24, 2.45) is 5.90 Å². The molecular formula is C13H19NO4. The van der Waals surface area contributed by atoms with Gasteiger partial charge in [0, 0.05) is 0 Å². The van der Waals surface area contributed by atoms with E-state index in [4.69, 9.17) is 15.4 Å². The van der Waals surface area contributed by atoms with Crippen molar-refractivity contribution in [3.05, 3.63) is 29.8 Å². The van der Waals surface area contributed by atoms with Gasteiger partial charge in [0.25, 0.3) is 0 Å². The largest absolute Gasteiger partial charge is 0.476 e. The van der Waals surface area contributed by atoms with Gasteiger partial charge in [-0.25, -0.2) is 10.7 Å². The second-order valence-corrected chi connectivity index (χ2v) is 4.29. The Bertz CT molecular complexity index is 404. The van der Waals surface area contributed by atoms with Crippen LogP contribution in [0.3, 0.4) is 0 Å². The molecule has 0 saturated carbocycles. The summed E-state index contributed by atoms with van der Waals surface area (Å²) in [6, 6.07) is 7.21. The Morgan fingerprint density at radius 3 is 2.72 bits per heavy atom. The predicted molar refractivity (Wildman–Crippen MR) is 66.8 cm³/mol. The first-order chi connectivity index (χ1) is 8.49. The van der Waals surface area contributed by atoms with E-state index in [1.54, 1.807) is 32.9 Å². The van der Waals surface area contributed by atoms with Crippen LogP contribution in [0.2, 0.25) is 0 Å². The summed E-state index contributed by atoms with van der Waals surface area (Å²) >= 11 is 0. The van der Waals surface area contributed by atoms with Crippen molar-refractivity contribution in [2.45, 2.75) is 33.0 Å². The molecule has 0 bridgehead atoms. The van der Waals surface area contributed by atoms with Crippen LogP contribution in [0.1, 0.15) is 26.3 Å². The molecule has 0 aliphatic carbocycles. The number of hydrogen-bond donors (Lipinski definition) is 1. The predicted octanol–water partition coefficient (Wildman–Crippen LogP) is 1.80. The molecule has 0 saturated heterocycles. The zero-order valence-corrected chi connectivity index (χ0v) is 10.9. The molecule has 0 fully saturated rings. The fraction of sp³-hybridized carbons (Fsp3) is 0.462. The van der Waals surface area contributed by atoms with E-state index in [-0.39, 0.29) is 6.61 Å². The minimum absolute atomic E-state index is 0.289. The van der Waals surface area contributed by atoms with E-state index < -0.39 is 11.6 Å². The van der Waals surface area contributed by atoms with Gasteiger partial charge in [-0.05, 0) is 38.5 Å². The van der Waals surface area contributed by atoms with Crippen molar-refractivity contribution in [1.29, 1.82) is 0 Å². The first-order valence-corrected chi connectivity index (χ1v) is 5.76. The highest BCUT2D eigenvalue weighted by Gasteiger charge is 2.31. The Balaban J connectivity index is 2.76. The zero-order chi connectivity index (χ0) is 13.6. The molecular weight excluding hydrogens is 234 g/mol. The first-order valence-electron chi connectivity index (χ1n) is 5.76. The molecule has 0 amide bonds. The maximum Gasteiger partial charge on any atom is 0.349 e. The number of rotatable bonds is 6. The number of carbonyl (C=O) groups excluding carboxylic acids is 1. The topological polar surface area (TPSA) is 70.8 Å². The van der Waals surface area contributed by atoms with Crippen molar-refractivity contribution in [3.8, 4) is 5.75 Å². The molecule has 1 aromatic rings.